The van der Waals surface area contributed by atoms with E-state index in [-0.39, 0.29) is 23.1 Å². The summed E-state index contributed by atoms with van der Waals surface area (Å²) in [6.45, 7) is 3.10. The Hall–Kier alpha value is -3.00. The van der Waals surface area contributed by atoms with Gasteiger partial charge in [-0.3, -0.25) is 9.59 Å². The topological polar surface area (TPSA) is 107 Å². The quantitative estimate of drug-likeness (QED) is 0.523. The molecule has 29 heavy (non-hydrogen) atoms. The number of esters is 1. The summed E-state index contributed by atoms with van der Waals surface area (Å²) in [6.07, 6.45) is 1.11. The molecule has 0 saturated heterocycles. The molecule has 0 radical (unpaired) electrons. The van der Waals surface area contributed by atoms with Gasteiger partial charge in [-0.2, -0.15) is 0 Å². The van der Waals surface area contributed by atoms with Crippen LogP contribution in [0.5, 0.6) is 0 Å². The largest absolute Gasteiger partial charge is 0.454 e. The van der Waals surface area contributed by atoms with Gasteiger partial charge in [0.15, 0.2) is 22.2 Å². The van der Waals surface area contributed by atoms with Gasteiger partial charge in [0, 0.05) is 23.4 Å². The van der Waals surface area contributed by atoms with Crippen LogP contribution in [0.4, 0.5) is 5.69 Å². The average Bonchev–Trinajstić information content (AvgIpc) is 2.65. The van der Waals surface area contributed by atoms with Crippen LogP contribution in [-0.2, 0) is 25.1 Å². The van der Waals surface area contributed by atoms with Crippen LogP contribution in [0.3, 0.4) is 0 Å². The van der Waals surface area contributed by atoms with Gasteiger partial charge < -0.3 is 10.1 Å². The molecule has 0 aliphatic heterocycles. The molecule has 2 rings (SSSR count). The number of amides is 1. The third kappa shape index (κ3) is 7.15. The molecule has 0 unspecified atom stereocenters. The predicted molar refractivity (Wildman–Crippen MR) is 110 cm³/mol. The summed E-state index contributed by atoms with van der Waals surface area (Å²) in [4.78, 5) is 36.1. The standard InChI is InChI=1S/C21H23NO6S/c1-14(2)20(24)22-18-9-7-16(8-10-18)19(23)12-28-21(25)17-6-4-5-15(11-17)13-29(3,26)27/h4-11,14H,12-13H2,1-3H3,(H,22,24). The van der Waals surface area contributed by atoms with Crippen molar-refractivity contribution in [1.29, 1.82) is 0 Å². The zero-order valence-corrected chi connectivity index (χ0v) is 17.3. The number of benzene rings is 2. The summed E-state index contributed by atoms with van der Waals surface area (Å²) >= 11 is 0. The maximum absolute atomic E-state index is 12.2. The number of carbonyl (C=O) groups is 3. The van der Waals surface area contributed by atoms with Crippen molar-refractivity contribution in [3.63, 3.8) is 0 Å². The van der Waals surface area contributed by atoms with Gasteiger partial charge in [0.1, 0.15) is 0 Å². The first-order valence-corrected chi connectivity index (χ1v) is 11.0. The third-order valence-electron chi connectivity index (χ3n) is 3.92. The van der Waals surface area contributed by atoms with Gasteiger partial charge >= 0.3 is 5.97 Å². The van der Waals surface area contributed by atoms with Gasteiger partial charge in [-0.1, -0.05) is 26.0 Å². The Morgan fingerprint density at radius 3 is 2.24 bits per heavy atom. The third-order valence-corrected chi connectivity index (χ3v) is 4.78. The molecule has 7 nitrogen and oxygen atoms in total. The number of Topliss-reactive ketones (excluding diaryl/α,β-unsaturated/α-hetero) is 1. The Balaban J connectivity index is 1.96. The fourth-order valence-corrected chi connectivity index (χ4v) is 3.20. The minimum absolute atomic E-state index is 0.129. The summed E-state index contributed by atoms with van der Waals surface area (Å²) in [7, 11) is -3.23. The molecule has 0 atom stereocenters. The highest BCUT2D eigenvalue weighted by molar-refractivity contribution is 7.89. The second-order valence-electron chi connectivity index (χ2n) is 6.99. The molecule has 2 aromatic carbocycles. The van der Waals surface area contributed by atoms with Crippen LogP contribution in [0, 0.1) is 5.92 Å². The minimum Gasteiger partial charge on any atom is -0.454 e. The molecule has 0 spiro atoms. The highest BCUT2D eigenvalue weighted by Gasteiger charge is 2.14. The first kappa shape index (κ1) is 22.3. The zero-order valence-electron chi connectivity index (χ0n) is 16.5. The molecule has 0 bridgehead atoms. The number of ether oxygens (including phenoxy) is 1. The molecule has 154 valence electrons. The van der Waals surface area contributed by atoms with Crippen molar-refractivity contribution in [3.05, 3.63) is 65.2 Å². The Morgan fingerprint density at radius 1 is 1.00 bits per heavy atom. The van der Waals surface area contributed by atoms with Crippen molar-refractivity contribution >= 4 is 33.2 Å². The molecule has 0 saturated carbocycles. The van der Waals surface area contributed by atoms with Crippen LogP contribution >= 0.6 is 0 Å². The highest BCUT2D eigenvalue weighted by Crippen LogP contribution is 2.13. The summed E-state index contributed by atoms with van der Waals surface area (Å²) < 4.78 is 27.8. The lowest BCUT2D eigenvalue weighted by molar-refractivity contribution is -0.118. The minimum atomic E-state index is -3.23. The van der Waals surface area contributed by atoms with E-state index < -0.39 is 28.2 Å². The van der Waals surface area contributed by atoms with Gasteiger partial charge in [0.05, 0.1) is 11.3 Å². The summed E-state index contributed by atoms with van der Waals surface area (Å²) in [5.74, 6) is -1.59. The van der Waals surface area contributed by atoms with E-state index >= 15 is 0 Å². The lowest BCUT2D eigenvalue weighted by atomic mass is 10.1. The Kier molecular flexibility index (Phi) is 7.28. The number of nitrogens with one attached hydrogen (secondary N) is 1. The predicted octanol–water partition coefficient (Wildman–Crippen LogP) is 2.87. The van der Waals surface area contributed by atoms with Crippen LogP contribution in [0.25, 0.3) is 0 Å². The van der Waals surface area contributed by atoms with E-state index in [1.54, 1.807) is 50.2 Å². The van der Waals surface area contributed by atoms with Crippen LogP contribution in [0.2, 0.25) is 0 Å². The van der Waals surface area contributed by atoms with Crippen LogP contribution in [0.15, 0.2) is 48.5 Å². The van der Waals surface area contributed by atoms with Crippen LogP contribution in [-0.4, -0.2) is 38.9 Å². The lowest BCUT2D eigenvalue weighted by Crippen LogP contribution is -2.18. The number of hydrogen-bond donors (Lipinski definition) is 1. The number of rotatable bonds is 8. The smallest absolute Gasteiger partial charge is 0.338 e. The van der Waals surface area contributed by atoms with Gasteiger partial charge in [-0.05, 0) is 42.0 Å². The zero-order chi connectivity index (χ0) is 21.6. The van der Waals surface area contributed by atoms with Crippen molar-refractivity contribution in [2.24, 2.45) is 5.92 Å². The Bertz CT molecular complexity index is 1010. The number of hydrogen-bond acceptors (Lipinski definition) is 6. The molecule has 0 aromatic heterocycles. The van der Waals surface area contributed by atoms with Crippen LogP contribution in [0.1, 0.15) is 40.1 Å². The molecular weight excluding hydrogens is 394 g/mol. The monoisotopic (exact) mass is 417 g/mol. The SMILES string of the molecule is CC(C)C(=O)Nc1ccc(C(=O)COC(=O)c2cccc(CS(C)(=O)=O)c2)cc1. The van der Waals surface area contributed by atoms with Gasteiger partial charge in [0.2, 0.25) is 5.91 Å². The molecule has 0 heterocycles. The summed E-state index contributed by atoms with van der Waals surface area (Å²) in [5, 5.41) is 2.72. The average molecular weight is 417 g/mol. The van der Waals surface area contributed by atoms with Crippen LogP contribution < -0.4 is 5.32 Å². The van der Waals surface area contributed by atoms with E-state index in [1.807, 2.05) is 0 Å². The molecule has 0 fully saturated rings. The normalized spacial score (nSPS) is 11.2. The Morgan fingerprint density at radius 2 is 1.66 bits per heavy atom. The molecule has 1 amide bonds. The first-order valence-electron chi connectivity index (χ1n) is 8.93. The van der Waals surface area contributed by atoms with E-state index in [0.717, 1.165) is 6.26 Å². The van der Waals surface area contributed by atoms with Gasteiger partial charge in [0.25, 0.3) is 0 Å². The molecule has 8 heteroatoms. The fourth-order valence-electron chi connectivity index (χ4n) is 2.41. The van der Waals surface area contributed by atoms with E-state index in [4.69, 9.17) is 4.74 Å². The van der Waals surface area contributed by atoms with Gasteiger partial charge in [-0.25, -0.2) is 13.2 Å². The number of anilines is 1. The first-order chi connectivity index (χ1) is 13.5. The van der Waals surface area contributed by atoms with Gasteiger partial charge in [-0.15, -0.1) is 0 Å². The van der Waals surface area contributed by atoms with E-state index in [0.29, 0.717) is 16.8 Å². The number of ketones is 1. The summed E-state index contributed by atoms with van der Waals surface area (Å²) in [6, 6.07) is 12.4. The highest BCUT2D eigenvalue weighted by atomic mass is 32.2. The molecule has 2 aromatic rings. The lowest BCUT2D eigenvalue weighted by Gasteiger charge is -2.09. The van der Waals surface area contributed by atoms with E-state index in [9.17, 15) is 22.8 Å². The number of sulfone groups is 1. The van der Waals surface area contributed by atoms with Crippen molar-refractivity contribution in [2.45, 2.75) is 19.6 Å². The van der Waals surface area contributed by atoms with Crippen molar-refractivity contribution in [3.8, 4) is 0 Å². The molecular formula is C21H23NO6S. The molecule has 0 aliphatic rings. The van der Waals surface area contributed by atoms with Crippen molar-refractivity contribution in [1.82, 2.24) is 0 Å². The van der Waals surface area contributed by atoms with E-state index in [2.05, 4.69) is 5.32 Å². The molecule has 0 aliphatic carbocycles. The van der Waals surface area contributed by atoms with Crippen molar-refractivity contribution in [2.75, 3.05) is 18.2 Å². The number of carbonyl (C=O) groups excluding carboxylic acids is 3. The fraction of sp³-hybridized carbons (Fsp3) is 0.286. The summed E-state index contributed by atoms with van der Waals surface area (Å²) in [5.41, 5.74) is 1.55. The second-order valence-corrected chi connectivity index (χ2v) is 9.13. The molecule has 1 N–H and O–H groups in total. The second kappa shape index (κ2) is 9.47. The maximum atomic E-state index is 12.2. The Labute approximate surface area is 170 Å². The van der Waals surface area contributed by atoms with E-state index in [1.165, 1.54) is 12.1 Å². The van der Waals surface area contributed by atoms with Crippen molar-refractivity contribution < 1.29 is 27.5 Å². The maximum Gasteiger partial charge on any atom is 0.338 e.